The highest BCUT2D eigenvalue weighted by Crippen LogP contribution is 2.56. The van der Waals surface area contributed by atoms with E-state index in [-0.39, 0.29) is 11.8 Å². The average molecular weight is 386 g/mol. The van der Waals surface area contributed by atoms with E-state index < -0.39 is 5.41 Å². The molecule has 0 aromatic heterocycles. The molecule has 2 aliphatic rings. The Balaban J connectivity index is 1.73. The molecule has 0 saturated heterocycles. The van der Waals surface area contributed by atoms with Gasteiger partial charge in [0.1, 0.15) is 5.82 Å². The Bertz CT molecular complexity index is 769. The Kier molecular flexibility index (Phi) is 6.07. The summed E-state index contributed by atoms with van der Waals surface area (Å²) >= 11 is 0. The number of rotatable bonds is 6. The van der Waals surface area contributed by atoms with Crippen LogP contribution in [0.4, 0.5) is 10.1 Å². The maximum Gasteiger partial charge on any atom is 0.311 e. The second-order valence-corrected chi connectivity index (χ2v) is 8.86. The highest BCUT2D eigenvalue weighted by atomic mass is 19.1. The summed E-state index contributed by atoms with van der Waals surface area (Å²) in [4.78, 5) is 16.5. The van der Waals surface area contributed by atoms with Gasteiger partial charge in [-0.25, -0.2) is 4.39 Å². The molecule has 1 aromatic rings. The maximum atomic E-state index is 13.9. The van der Waals surface area contributed by atoms with Gasteiger partial charge in [-0.3, -0.25) is 9.79 Å². The quantitative estimate of drug-likeness (QED) is 0.432. The van der Waals surface area contributed by atoms with Gasteiger partial charge in [0.25, 0.3) is 0 Å². The smallest absolute Gasteiger partial charge is 0.311 e. The van der Waals surface area contributed by atoms with Gasteiger partial charge in [0.05, 0.1) is 17.7 Å². The number of nitrogens with zero attached hydrogens (tertiary/aromatic N) is 1. The van der Waals surface area contributed by atoms with Crippen molar-refractivity contribution < 1.29 is 13.9 Å². The van der Waals surface area contributed by atoms with Gasteiger partial charge in [-0.15, -0.1) is 0 Å². The Labute approximate surface area is 168 Å². The molecule has 0 spiro atoms. The minimum absolute atomic E-state index is 0.0767. The topological polar surface area (TPSA) is 38.7 Å². The second-order valence-electron chi connectivity index (χ2n) is 8.86. The highest BCUT2D eigenvalue weighted by molar-refractivity contribution is 5.77. The maximum absolute atomic E-state index is 13.9. The largest absolute Gasteiger partial charge is 0.466 e. The van der Waals surface area contributed by atoms with E-state index in [1.165, 1.54) is 11.6 Å². The van der Waals surface area contributed by atoms with Gasteiger partial charge in [-0.2, -0.15) is 0 Å². The van der Waals surface area contributed by atoms with E-state index >= 15 is 0 Å². The molecule has 2 aliphatic carbocycles. The number of hydrogen-bond acceptors (Lipinski definition) is 3. The van der Waals surface area contributed by atoms with Crippen LogP contribution < -0.4 is 0 Å². The molecule has 28 heavy (non-hydrogen) atoms. The molecule has 2 unspecified atom stereocenters. The lowest BCUT2D eigenvalue weighted by atomic mass is 9.75. The second kappa shape index (κ2) is 8.18. The van der Waals surface area contributed by atoms with Crippen molar-refractivity contribution in [3.05, 3.63) is 35.7 Å². The first-order valence-electron chi connectivity index (χ1n) is 10.4. The van der Waals surface area contributed by atoms with Crippen molar-refractivity contribution in [3.63, 3.8) is 0 Å². The van der Waals surface area contributed by atoms with Crippen LogP contribution in [0.25, 0.3) is 5.57 Å². The standard InChI is InChI=1S/C24H32FNO2/c1-6-20(21-14-19(25)8-9-22(21)26-5)17-10-15-12-18(13-16(15)11-17)24(3,4)23(27)28-7-2/h6,8-9,14-18H,5,7,10-13H2,1-4H3/b20-6-/t15-,16+,17?,18?. The minimum atomic E-state index is -0.429. The SMILES string of the molecule is C=Nc1ccc(F)cc1/C(=C\C)C1C[C@@H]2CC(C(C)(C)C(=O)OCC)C[C@@H]2C1. The van der Waals surface area contributed by atoms with Gasteiger partial charge < -0.3 is 4.74 Å². The molecule has 152 valence electrons. The third-order valence-electron chi connectivity index (χ3n) is 7.03. The molecule has 0 heterocycles. The van der Waals surface area contributed by atoms with Gasteiger partial charge >= 0.3 is 5.97 Å². The zero-order valence-electron chi connectivity index (χ0n) is 17.5. The number of allylic oxidation sites excluding steroid dienone is 2. The predicted molar refractivity (Wildman–Crippen MR) is 112 cm³/mol. The molecular formula is C24H32FNO2. The lowest BCUT2D eigenvalue weighted by Gasteiger charge is -2.30. The number of fused-ring (bicyclic) bond motifs is 1. The summed E-state index contributed by atoms with van der Waals surface area (Å²) in [6, 6.07) is 4.72. The number of carbonyl (C=O) groups excluding carboxylic acids is 1. The van der Waals surface area contributed by atoms with E-state index in [1.807, 2.05) is 27.7 Å². The summed E-state index contributed by atoms with van der Waals surface area (Å²) in [6.07, 6.45) is 6.42. The first kappa shape index (κ1) is 20.8. The number of esters is 1. The molecular weight excluding hydrogens is 353 g/mol. The van der Waals surface area contributed by atoms with E-state index in [2.05, 4.69) is 17.8 Å². The van der Waals surface area contributed by atoms with Gasteiger partial charge in [0.15, 0.2) is 0 Å². The molecule has 2 saturated carbocycles. The zero-order valence-corrected chi connectivity index (χ0v) is 17.5. The summed E-state index contributed by atoms with van der Waals surface area (Å²) in [5.41, 5.74) is 2.36. The van der Waals surface area contributed by atoms with Crippen molar-refractivity contribution >= 4 is 23.9 Å². The summed E-state index contributed by atoms with van der Waals surface area (Å²) in [5.74, 6) is 1.70. The third-order valence-corrected chi connectivity index (χ3v) is 7.03. The van der Waals surface area contributed by atoms with Gasteiger partial charge in [0.2, 0.25) is 0 Å². The van der Waals surface area contributed by atoms with Crippen LogP contribution in [-0.2, 0) is 9.53 Å². The first-order valence-corrected chi connectivity index (χ1v) is 10.4. The number of carbonyl (C=O) groups is 1. The normalized spacial score (nSPS) is 27.5. The Morgan fingerprint density at radius 3 is 2.46 bits per heavy atom. The van der Waals surface area contributed by atoms with Crippen molar-refractivity contribution in [2.45, 2.75) is 53.4 Å². The van der Waals surface area contributed by atoms with Crippen LogP contribution >= 0.6 is 0 Å². The summed E-state index contributed by atoms with van der Waals surface area (Å²) in [7, 11) is 0. The highest BCUT2D eigenvalue weighted by Gasteiger charge is 2.49. The number of ether oxygens (including phenoxy) is 1. The molecule has 4 heteroatoms. The monoisotopic (exact) mass is 385 g/mol. The number of halogens is 1. The number of hydrogen-bond donors (Lipinski definition) is 0. The van der Waals surface area contributed by atoms with Crippen LogP contribution in [0.2, 0.25) is 0 Å². The van der Waals surface area contributed by atoms with E-state index in [0.29, 0.717) is 30.3 Å². The Morgan fingerprint density at radius 1 is 1.29 bits per heavy atom. The Hall–Kier alpha value is -1.97. The fraction of sp³-hybridized carbons (Fsp3) is 0.583. The molecule has 3 rings (SSSR count). The molecule has 0 bridgehead atoms. The predicted octanol–water partition coefficient (Wildman–Crippen LogP) is 6.20. The van der Waals surface area contributed by atoms with Crippen molar-refractivity contribution in [3.8, 4) is 0 Å². The number of aliphatic imine (C=N–C) groups is 1. The van der Waals surface area contributed by atoms with Gasteiger partial charge in [0, 0.05) is 5.56 Å². The molecule has 2 fully saturated rings. The van der Waals surface area contributed by atoms with Gasteiger partial charge in [-0.05, 0) is 108 Å². The van der Waals surface area contributed by atoms with Crippen LogP contribution in [0.15, 0.2) is 29.3 Å². The van der Waals surface area contributed by atoms with E-state index in [0.717, 1.165) is 36.9 Å². The molecule has 4 atom stereocenters. The molecule has 1 aromatic carbocycles. The molecule has 3 nitrogen and oxygen atoms in total. The molecule has 0 aliphatic heterocycles. The van der Waals surface area contributed by atoms with Crippen LogP contribution in [0.1, 0.15) is 58.9 Å². The van der Waals surface area contributed by atoms with Crippen molar-refractivity contribution in [2.75, 3.05) is 6.61 Å². The summed E-state index contributed by atoms with van der Waals surface area (Å²) < 4.78 is 19.2. The average Bonchev–Trinajstić information content (AvgIpc) is 3.22. The van der Waals surface area contributed by atoms with Crippen LogP contribution in [0, 0.1) is 34.9 Å². The van der Waals surface area contributed by atoms with Crippen LogP contribution in [0.5, 0.6) is 0 Å². The fourth-order valence-corrected chi connectivity index (χ4v) is 5.43. The van der Waals surface area contributed by atoms with E-state index in [9.17, 15) is 9.18 Å². The van der Waals surface area contributed by atoms with E-state index in [4.69, 9.17) is 4.74 Å². The van der Waals surface area contributed by atoms with E-state index in [1.54, 1.807) is 12.1 Å². The van der Waals surface area contributed by atoms with Crippen LogP contribution in [-0.4, -0.2) is 19.3 Å². The Morgan fingerprint density at radius 2 is 1.93 bits per heavy atom. The van der Waals surface area contributed by atoms with Crippen molar-refractivity contribution in [1.29, 1.82) is 0 Å². The van der Waals surface area contributed by atoms with Crippen LogP contribution in [0.3, 0.4) is 0 Å². The summed E-state index contributed by atoms with van der Waals surface area (Å²) in [5, 5.41) is 0. The molecule has 0 amide bonds. The zero-order chi connectivity index (χ0) is 20.5. The van der Waals surface area contributed by atoms with Crippen molar-refractivity contribution in [2.24, 2.45) is 34.1 Å². The lowest BCUT2D eigenvalue weighted by Crippen LogP contribution is -2.34. The molecule has 0 N–H and O–H groups in total. The van der Waals surface area contributed by atoms with Gasteiger partial charge in [-0.1, -0.05) is 6.08 Å². The first-order chi connectivity index (χ1) is 13.3. The van der Waals surface area contributed by atoms with Crippen molar-refractivity contribution in [1.82, 2.24) is 0 Å². The molecule has 0 radical (unpaired) electrons. The number of benzene rings is 1. The fourth-order valence-electron chi connectivity index (χ4n) is 5.43. The minimum Gasteiger partial charge on any atom is -0.466 e. The lowest BCUT2D eigenvalue weighted by molar-refractivity contribution is -0.156. The summed E-state index contributed by atoms with van der Waals surface area (Å²) in [6.45, 7) is 12.0. The third kappa shape index (κ3) is 3.78.